The SMILES string of the molecule is Cc1ccc(-c2nnc(Oc3ccc4c(C)cc(=O)oc4c3)c3ccccc23)cc1C. The van der Waals surface area contributed by atoms with Gasteiger partial charge in [0, 0.05) is 33.9 Å². The monoisotopic (exact) mass is 408 g/mol. The third-order valence-corrected chi connectivity index (χ3v) is 5.57. The maximum Gasteiger partial charge on any atom is 0.336 e. The van der Waals surface area contributed by atoms with Gasteiger partial charge < -0.3 is 9.15 Å². The zero-order valence-corrected chi connectivity index (χ0v) is 17.5. The molecule has 0 saturated heterocycles. The Morgan fingerprint density at radius 1 is 0.742 bits per heavy atom. The van der Waals surface area contributed by atoms with E-state index in [9.17, 15) is 4.79 Å². The molecule has 5 rings (SSSR count). The first-order chi connectivity index (χ1) is 15.0. The zero-order valence-electron chi connectivity index (χ0n) is 17.5. The Hall–Kier alpha value is -3.99. The van der Waals surface area contributed by atoms with Crippen LogP contribution in [0.4, 0.5) is 0 Å². The molecule has 3 aromatic carbocycles. The predicted octanol–water partition coefficient (Wildman–Crippen LogP) is 6.12. The lowest BCUT2D eigenvalue weighted by Crippen LogP contribution is -1.99. The number of aryl methyl sites for hydroxylation is 3. The fraction of sp³-hybridized carbons (Fsp3) is 0.115. The van der Waals surface area contributed by atoms with E-state index in [2.05, 4.69) is 42.2 Å². The average molecular weight is 408 g/mol. The van der Waals surface area contributed by atoms with Gasteiger partial charge in [0.1, 0.15) is 17.0 Å². The quantitative estimate of drug-likeness (QED) is 0.337. The van der Waals surface area contributed by atoms with Crippen LogP contribution in [-0.2, 0) is 0 Å². The molecule has 0 aliphatic rings. The number of nitrogens with zero attached hydrogens (tertiary/aromatic N) is 2. The second-order valence-electron chi connectivity index (χ2n) is 7.71. The minimum Gasteiger partial charge on any atom is -0.437 e. The van der Waals surface area contributed by atoms with Crippen LogP contribution in [0.5, 0.6) is 11.6 Å². The van der Waals surface area contributed by atoms with Crippen molar-refractivity contribution in [2.24, 2.45) is 0 Å². The molecule has 0 fully saturated rings. The van der Waals surface area contributed by atoms with E-state index in [1.54, 1.807) is 6.07 Å². The van der Waals surface area contributed by atoms with Crippen LogP contribution in [0.15, 0.2) is 75.9 Å². The van der Waals surface area contributed by atoms with Gasteiger partial charge in [-0.15, -0.1) is 10.2 Å². The van der Waals surface area contributed by atoms with Crippen molar-refractivity contribution in [3.63, 3.8) is 0 Å². The van der Waals surface area contributed by atoms with Crippen LogP contribution in [0.3, 0.4) is 0 Å². The summed E-state index contributed by atoms with van der Waals surface area (Å²) in [5, 5.41) is 11.6. The molecule has 0 spiro atoms. The van der Waals surface area contributed by atoms with Crippen LogP contribution < -0.4 is 10.4 Å². The summed E-state index contributed by atoms with van der Waals surface area (Å²) in [5.74, 6) is 0.928. The molecule has 5 nitrogen and oxygen atoms in total. The maximum absolute atomic E-state index is 11.7. The van der Waals surface area contributed by atoms with Crippen molar-refractivity contribution in [3.05, 3.63) is 93.8 Å². The van der Waals surface area contributed by atoms with Crippen LogP contribution in [0.2, 0.25) is 0 Å². The van der Waals surface area contributed by atoms with Crippen LogP contribution in [0.1, 0.15) is 16.7 Å². The highest BCUT2D eigenvalue weighted by Gasteiger charge is 2.14. The number of hydrogen-bond donors (Lipinski definition) is 0. The van der Waals surface area contributed by atoms with Crippen molar-refractivity contribution in [2.45, 2.75) is 20.8 Å². The Labute approximate surface area is 178 Å². The molecule has 0 amide bonds. The molecule has 152 valence electrons. The number of fused-ring (bicyclic) bond motifs is 2. The summed E-state index contributed by atoms with van der Waals surface area (Å²) in [6, 6.07) is 21.1. The van der Waals surface area contributed by atoms with E-state index in [0.717, 1.165) is 33.0 Å². The predicted molar refractivity (Wildman–Crippen MR) is 122 cm³/mol. The molecule has 0 N–H and O–H groups in total. The lowest BCUT2D eigenvalue weighted by Gasteiger charge is -2.12. The topological polar surface area (TPSA) is 65.2 Å². The first-order valence-corrected chi connectivity index (χ1v) is 10.0. The van der Waals surface area contributed by atoms with Crippen molar-refractivity contribution in [2.75, 3.05) is 0 Å². The van der Waals surface area contributed by atoms with Crippen molar-refractivity contribution >= 4 is 21.7 Å². The third-order valence-electron chi connectivity index (χ3n) is 5.57. The average Bonchev–Trinajstić information content (AvgIpc) is 2.76. The van der Waals surface area contributed by atoms with Crippen molar-refractivity contribution in [1.29, 1.82) is 0 Å². The molecular weight excluding hydrogens is 388 g/mol. The summed E-state index contributed by atoms with van der Waals surface area (Å²) in [6.45, 7) is 6.06. The van der Waals surface area contributed by atoms with E-state index in [0.29, 0.717) is 17.2 Å². The number of aromatic nitrogens is 2. The van der Waals surface area contributed by atoms with Gasteiger partial charge in [0.15, 0.2) is 0 Å². The number of ether oxygens (including phenoxy) is 1. The van der Waals surface area contributed by atoms with Gasteiger partial charge in [0.2, 0.25) is 5.88 Å². The molecule has 2 heterocycles. The molecule has 0 aliphatic heterocycles. The molecule has 5 heteroatoms. The third kappa shape index (κ3) is 3.44. The second kappa shape index (κ2) is 7.36. The first kappa shape index (κ1) is 19.0. The molecule has 0 radical (unpaired) electrons. The summed E-state index contributed by atoms with van der Waals surface area (Å²) >= 11 is 0. The van der Waals surface area contributed by atoms with E-state index >= 15 is 0 Å². The van der Waals surface area contributed by atoms with Gasteiger partial charge in [-0.2, -0.15) is 0 Å². The van der Waals surface area contributed by atoms with Gasteiger partial charge in [-0.05, 0) is 61.7 Å². The highest BCUT2D eigenvalue weighted by atomic mass is 16.5. The summed E-state index contributed by atoms with van der Waals surface area (Å²) in [4.78, 5) is 11.7. The minimum absolute atomic E-state index is 0.384. The molecule has 0 saturated carbocycles. The number of hydrogen-bond acceptors (Lipinski definition) is 5. The molecule has 0 unspecified atom stereocenters. The lowest BCUT2D eigenvalue weighted by atomic mass is 10.0. The summed E-state index contributed by atoms with van der Waals surface area (Å²) in [7, 11) is 0. The molecule has 2 aromatic heterocycles. The van der Waals surface area contributed by atoms with E-state index in [1.807, 2.05) is 43.3 Å². The van der Waals surface area contributed by atoms with Crippen LogP contribution in [0.25, 0.3) is 33.0 Å². The molecule has 0 atom stereocenters. The van der Waals surface area contributed by atoms with Gasteiger partial charge in [-0.3, -0.25) is 0 Å². The Morgan fingerprint density at radius 2 is 1.55 bits per heavy atom. The summed E-state index contributed by atoms with van der Waals surface area (Å²) in [5.41, 5.74) is 5.22. The van der Waals surface area contributed by atoms with E-state index in [-0.39, 0.29) is 5.63 Å². The highest BCUT2D eigenvalue weighted by molar-refractivity contribution is 5.97. The van der Waals surface area contributed by atoms with Crippen LogP contribution >= 0.6 is 0 Å². The van der Waals surface area contributed by atoms with E-state index in [4.69, 9.17) is 9.15 Å². The van der Waals surface area contributed by atoms with Crippen molar-refractivity contribution in [1.82, 2.24) is 10.2 Å². The Balaban J connectivity index is 1.61. The zero-order chi connectivity index (χ0) is 21.5. The normalized spacial score (nSPS) is 11.2. The van der Waals surface area contributed by atoms with Crippen LogP contribution in [-0.4, -0.2) is 10.2 Å². The van der Waals surface area contributed by atoms with Gasteiger partial charge >= 0.3 is 5.63 Å². The smallest absolute Gasteiger partial charge is 0.336 e. The van der Waals surface area contributed by atoms with Gasteiger partial charge in [-0.25, -0.2) is 4.79 Å². The van der Waals surface area contributed by atoms with Crippen molar-refractivity contribution < 1.29 is 9.15 Å². The fourth-order valence-corrected chi connectivity index (χ4v) is 3.74. The standard InChI is InChI=1S/C26H20N2O3/c1-15-8-9-18(12-16(15)2)25-21-6-4-5-7-22(21)26(28-27-25)30-19-10-11-20-17(3)13-24(29)31-23(20)14-19/h4-14H,1-3H3. The van der Waals surface area contributed by atoms with Gasteiger partial charge in [0.25, 0.3) is 0 Å². The van der Waals surface area contributed by atoms with E-state index in [1.165, 1.54) is 17.2 Å². The fourth-order valence-electron chi connectivity index (χ4n) is 3.74. The van der Waals surface area contributed by atoms with E-state index < -0.39 is 0 Å². The van der Waals surface area contributed by atoms with Gasteiger partial charge in [0.05, 0.1) is 0 Å². The highest BCUT2D eigenvalue weighted by Crippen LogP contribution is 2.34. The number of benzene rings is 3. The van der Waals surface area contributed by atoms with Crippen molar-refractivity contribution in [3.8, 4) is 22.9 Å². The molecule has 5 aromatic rings. The van der Waals surface area contributed by atoms with Crippen LogP contribution in [0, 0.1) is 20.8 Å². The summed E-state index contributed by atoms with van der Waals surface area (Å²) in [6.07, 6.45) is 0. The molecule has 31 heavy (non-hydrogen) atoms. The lowest BCUT2D eigenvalue weighted by molar-refractivity contribution is 0.460. The molecule has 0 aliphatic carbocycles. The maximum atomic E-state index is 11.7. The second-order valence-corrected chi connectivity index (χ2v) is 7.71. The number of rotatable bonds is 3. The Kier molecular flexibility index (Phi) is 4.51. The minimum atomic E-state index is -0.384. The van der Waals surface area contributed by atoms with Gasteiger partial charge in [-0.1, -0.05) is 30.3 Å². The largest absolute Gasteiger partial charge is 0.437 e. The Morgan fingerprint density at radius 3 is 2.35 bits per heavy atom. The Bertz CT molecular complexity index is 1520. The molecular formula is C26H20N2O3. The molecule has 0 bridgehead atoms. The first-order valence-electron chi connectivity index (χ1n) is 10.0. The summed E-state index contributed by atoms with van der Waals surface area (Å²) < 4.78 is 11.4.